The van der Waals surface area contributed by atoms with Gasteiger partial charge in [-0.05, 0) is 37.1 Å². The SMILES string of the molecule is CC(=O)c1cc2cc(/N=N/c3cnc(N4CCCC4)s3)ccc2[nH]1. The lowest BCUT2D eigenvalue weighted by Crippen LogP contribution is -2.16. The molecule has 0 aliphatic carbocycles. The second kappa shape index (κ2) is 6.16. The van der Waals surface area contributed by atoms with Crippen molar-refractivity contribution in [2.45, 2.75) is 19.8 Å². The third kappa shape index (κ3) is 2.94. The molecule has 6 nitrogen and oxygen atoms in total. The number of fused-ring (bicyclic) bond motifs is 1. The predicted molar refractivity (Wildman–Crippen MR) is 96.0 cm³/mol. The van der Waals surface area contributed by atoms with Gasteiger partial charge in [-0.2, -0.15) is 0 Å². The Kier molecular flexibility index (Phi) is 3.86. The summed E-state index contributed by atoms with van der Waals surface area (Å²) in [4.78, 5) is 21.3. The largest absolute Gasteiger partial charge is 0.352 e. The zero-order chi connectivity index (χ0) is 16.5. The Morgan fingerprint density at radius 1 is 1.25 bits per heavy atom. The maximum Gasteiger partial charge on any atom is 0.187 e. The van der Waals surface area contributed by atoms with Crippen molar-refractivity contribution in [3.63, 3.8) is 0 Å². The predicted octanol–water partition coefficient (Wildman–Crippen LogP) is 4.84. The summed E-state index contributed by atoms with van der Waals surface area (Å²) in [6.07, 6.45) is 4.23. The van der Waals surface area contributed by atoms with Crippen LogP contribution in [0.1, 0.15) is 30.3 Å². The number of carbonyl (C=O) groups excluding carboxylic acids is 1. The van der Waals surface area contributed by atoms with Gasteiger partial charge >= 0.3 is 0 Å². The fourth-order valence-electron chi connectivity index (χ4n) is 2.84. The molecule has 1 fully saturated rings. The number of Topliss-reactive ketones (excluding diaryl/α,β-unsaturated/α-hetero) is 1. The lowest BCUT2D eigenvalue weighted by molar-refractivity contribution is 0.101. The van der Waals surface area contributed by atoms with Crippen LogP contribution in [0, 0.1) is 0 Å². The monoisotopic (exact) mass is 339 g/mol. The number of carbonyl (C=O) groups is 1. The van der Waals surface area contributed by atoms with Gasteiger partial charge in [0.15, 0.2) is 15.9 Å². The number of nitrogens with one attached hydrogen (secondary N) is 1. The number of aromatic amines is 1. The van der Waals surface area contributed by atoms with Crippen molar-refractivity contribution in [1.29, 1.82) is 0 Å². The van der Waals surface area contributed by atoms with E-state index in [1.54, 1.807) is 24.5 Å². The molecule has 0 radical (unpaired) electrons. The molecule has 1 saturated heterocycles. The van der Waals surface area contributed by atoms with Crippen molar-refractivity contribution < 1.29 is 4.79 Å². The number of aromatic nitrogens is 2. The first kappa shape index (κ1) is 15.0. The van der Waals surface area contributed by atoms with Gasteiger partial charge in [-0.15, -0.1) is 10.2 Å². The van der Waals surface area contributed by atoms with Gasteiger partial charge < -0.3 is 9.88 Å². The third-order valence-electron chi connectivity index (χ3n) is 4.11. The number of benzene rings is 1. The molecule has 1 aliphatic rings. The maximum atomic E-state index is 11.4. The number of anilines is 1. The summed E-state index contributed by atoms with van der Waals surface area (Å²) in [5.74, 6) is 0.0217. The molecule has 24 heavy (non-hydrogen) atoms. The van der Waals surface area contributed by atoms with E-state index in [4.69, 9.17) is 0 Å². The smallest absolute Gasteiger partial charge is 0.187 e. The number of ketones is 1. The summed E-state index contributed by atoms with van der Waals surface area (Å²) in [5, 5.41) is 11.4. The molecular weight excluding hydrogens is 322 g/mol. The van der Waals surface area contributed by atoms with Gasteiger partial charge in [0.2, 0.25) is 0 Å². The van der Waals surface area contributed by atoms with E-state index in [0.29, 0.717) is 5.69 Å². The quantitative estimate of drug-likeness (QED) is 0.546. The minimum atomic E-state index is 0.0217. The number of hydrogen-bond donors (Lipinski definition) is 1. The first-order valence-corrected chi connectivity index (χ1v) is 8.77. The number of nitrogens with zero attached hydrogens (tertiary/aromatic N) is 4. The highest BCUT2D eigenvalue weighted by Gasteiger charge is 2.15. The van der Waals surface area contributed by atoms with E-state index < -0.39 is 0 Å². The molecule has 1 N–H and O–H groups in total. The van der Waals surface area contributed by atoms with Crippen molar-refractivity contribution in [1.82, 2.24) is 9.97 Å². The number of hydrogen-bond acceptors (Lipinski definition) is 6. The Balaban J connectivity index is 1.54. The van der Waals surface area contributed by atoms with Crippen LogP contribution >= 0.6 is 11.3 Å². The number of rotatable bonds is 4. The van der Waals surface area contributed by atoms with Gasteiger partial charge in [0.1, 0.15) is 0 Å². The number of azo groups is 1. The highest BCUT2D eigenvalue weighted by Crippen LogP contribution is 2.32. The maximum absolute atomic E-state index is 11.4. The van der Waals surface area contributed by atoms with Gasteiger partial charge in [0.05, 0.1) is 17.6 Å². The molecule has 2 aromatic heterocycles. The van der Waals surface area contributed by atoms with E-state index in [1.165, 1.54) is 12.8 Å². The zero-order valence-electron chi connectivity index (χ0n) is 13.3. The van der Waals surface area contributed by atoms with E-state index in [9.17, 15) is 4.79 Å². The highest BCUT2D eigenvalue weighted by atomic mass is 32.1. The van der Waals surface area contributed by atoms with Crippen molar-refractivity contribution >= 4 is 43.8 Å². The standard InChI is InChI=1S/C17H17N5OS/c1-11(23)15-9-12-8-13(4-5-14(12)19-15)20-21-16-10-18-17(24-16)22-6-2-3-7-22/h4-5,8-10,19H,2-3,6-7H2,1H3/b21-20+. The number of thiazole rings is 1. The fourth-order valence-corrected chi connectivity index (χ4v) is 3.63. The Morgan fingerprint density at radius 3 is 2.88 bits per heavy atom. The van der Waals surface area contributed by atoms with Crippen molar-refractivity contribution in [2.24, 2.45) is 10.2 Å². The summed E-state index contributed by atoms with van der Waals surface area (Å²) < 4.78 is 0. The van der Waals surface area contributed by atoms with Gasteiger partial charge in [0.25, 0.3) is 0 Å². The van der Waals surface area contributed by atoms with Crippen molar-refractivity contribution in [2.75, 3.05) is 18.0 Å². The molecule has 0 amide bonds. The van der Waals surface area contributed by atoms with Crippen LogP contribution in [0.2, 0.25) is 0 Å². The molecule has 122 valence electrons. The van der Waals surface area contributed by atoms with Crippen LogP contribution < -0.4 is 4.90 Å². The summed E-state index contributed by atoms with van der Waals surface area (Å²) in [5.41, 5.74) is 2.29. The molecule has 4 rings (SSSR count). The van der Waals surface area contributed by atoms with E-state index in [1.807, 2.05) is 24.3 Å². The van der Waals surface area contributed by atoms with E-state index in [-0.39, 0.29) is 5.78 Å². The minimum Gasteiger partial charge on any atom is -0.352 e. The summed E-state index contributed by atoms with van der Waals surface area (Å²) >= 11 is 1.56. The van der Waals surface area contributed by atoms with E-state index in [2.05, 4.69) is 25.1 Å². The number of H-pyrrole nitrogens is 1. The summed E-state index contributed by atoms with van der Waals surface area (Å²) in [6, 6.07) is 7.56. The van der Waals surface area contributed by atoms with Crippen molar-refractivity contribution in [3.8, 4) is 0 Å². The second-order valence-electron chi connectivity index (χ2n) is 5.89. The zero-order valence-corrected chi connectivity index (χ0v) is 14.1. The second-order valence-corrected chi connectivity index (χ2v) is 6.87. The topological polar surface area (TPSA) is 73.7 Å². The Labute approximate surface area is 143 Å². The lowest BCUT2D eigenvalue weighted by Gasteiger charge is -2.11. The molecule has 0 atom stereocenters. The minimum absolute atomic E-state index is 0.0217. The van der Waals surface area contributed by atoms with Gasteiger partial charge in [0, 0.05) is 30.9 Å². The fraction of sp³-hybridized carbons (Fsp3) is 0.294. The van der Waals surface area contributed by atoms with Gasteiger partial charge in [-0.1, -0.05) is 11.3 Å². The molecule has 1 aliphatic heterocycles. The van der Waals surface area contributed by atoms with Crippen LogP contribution in [0.5, 0.6) is 0 Å². The van der Waals surface area contributed by atoms with Crippen LogP contribution in [-0.2, 0) is 0 Å². The van der Waals surface area contributed by atoms with Crippen LogP contribution in [0.25, 0.3) is 10.9 Å². The Bertz CT molecular complexity index is 920. The first-order valence-electron chi connectivity index (χ1n) is 7.95. The average molecular weight is 339 g/mol. The normalized spacial score (nSPS) is 15.0. The molecule has 0 bridgehead atoms. The van der Waals surface area contributed by atoms with Crippen LogP contribution in [0.4, 0.5) is 15.8 Å². The average Bonchev–Trinajstić information content (AvgIpc) is 3.30. The third-order valence-corrected chi connectivity index (χ3v) is 5.05. The van der Waals surface area contributed by atoms with Gasteiger partial charge in [-0.3, -0.25) is 4.79 Å². The van der Waals surface area contributed by atoms with Crippen LogP contribution in [0.3, 0.4) is 0 Å². The molecule has 3 heterocycles. The molecule has 0 unspecified atom stereocenters. The summed E-state index contributed by atoms with van der Waals surface area (Å²) in [7, 11) is 0. The molecule has 0 saturated carbocycles. The molecule has 0 spiro atoms. The van der Waals surface area contributed by atoms with Crippen LogP contribution in [-0.4, -0.2) is 28.8 Å². The molecule has 7 heteroatoms. The molecular formula is C17H17N5OS. The van der Waals surface area contributed by atoms with Crippen molar-refractivity contribution in [3.05, 3.63) is 36.2 Å². The van der Waals surface area contributed by atoms with Crippen LogP contribution in [0.15, 0.2) is 40.7 Å². The molecule has 3 aromatic rings. The van der Waals surface area contributed by atoms with E-state index >= 15 is 0 Å². The van der Waals surface area contributed by atoms with Gasteiger partial charge in [-0.25, -0.2) is 4.98 Å². The highest BCUT2D eigenvalue weighted by molar-refractivity contribution is 7.19. The first-order chi connectivity index (χ1) is 11.7. The van der Waals surface area contributed by atoms with E-state index in [0.717, 1.165) is 39.8 Å². The Morgan fingerprint density at radius 2 is 2.08 bits per heavy atom. The lowest BCUT2D eigenvalue weighted by atomic mass is 10.2. The summed E-state index contributed by atoms with van der Waals surface area (Å²) in [6.45, 7) is 3.70. The molecule has 1 aromatic carbocycles. The Hall–Kier alpha value is -2.54.